The van der Waals surface area contributed by atoms with Crippen molar-refractivity contribution >= 4 is 11.8 Å². The Morgan fingerprint density at radius 1 is 1.00 bits per heavy atom. The summed E-state index contributed by atoms with van der Waals surface area (Å²) in [6, 6.07) is 5.49. The van der Waals surface area contributed by atoms with Gasteiger partial charge in [0.15, 0.2) is 11.5 Å². The van der Waals surface area contributed by atoms with Gasteiger partial charge in [0.05, 0.1) is 20.1 Å². The molecule has 1 aromatic rings. The molecule has 1 aromatic carbocycles. The van der Waals surface area contributed by atoms with Gasteiger partial charge in [0.25, 0.3) is 5.91 Å². The van der Waals surface area contributed by atoms with Crippen molar-refractivity contribution in [3.8, 4) is 11.5 Å². The van der Waals surface area contributed by atoms with Crippen LogP contribution in [0.15, 0.2) is 18.2 Å². The Bertz CT molecular complexity index is 670. The van der Waals surface area contributed by atoms with Crippen LogP contribution >= 0.6 is 0 Å². The van der Waals surface area contributed by atoms with E-state index in [1.807, 2.05) is 0 Å². The zero-order chi connectivity index (χ0) is 19.2. The predicted octanol–water partition coefficient (Wildman–Crippen LogP) is 3.00. The second-order valence-corrected chi connectivity index (χ2v) is 7.50. The number of hydrogen-bond donors (Lipinski definition) is 1. The van der Waals surface area contributed by atoms with E-state index in [0.717, 1.165) is 25.7 Å². The Labute approximate surface area is 161 Å². The first kappa shape index (κ1) is 19.5. The van der Waals surface area contributed by atoms with Crippen molar-refractivity contribution in [1.29, 1.82) is 0 Å². The van der Waals surface area contributed by atoms with E-state index in [1.165, 1.54) is 19.3 Å². The highest BCUT2D eigenvalue weighted by molar-refractivity contribution is 5.95. The van der Waals surface area contributed by atoms with Crippen molar-refractivity contribution in [1.82, 2.24) is 10.2 Å². The van der Waals surface area contributed by atoms with Gasteiger partial charge in [-0.25, -0.2) is 0 Å². The lowest BCUT2D eigenvalue weighted by atomic mass is 9.92. The Balaban J connectivity index is 1.63. The molecular weight excluding hydrogens is 344 g/mol. The van der Waals surface area contributed by atoms with Gasteiger partial charge in [0.2, 0.25) is 5.91 Å². The fraction of sp³-hybridized carbons (Fsp3) is 0.619. The first-order valence-electron chi connectivity index (χ1n) is 9.94. The smallest absolute Gasteiger partial charge is 0.254 e. The SMILES string of the molecule is COc1ccc(C(=O)N2CCCC(C(=O)NC3CCCCC3)C2)cc1OC. The third-order valence-electron chi connectivity index (χ3n) is 5.66. The molecule has 148 valence electrons. The summed E-state index contributed by atoms with van der Waals surface area (Å²) in [6.07, 6.45) is 7.50. The Kier molecular flexibility index (Phi) is 6.58. The molecule has 1 atom stereocenters. The van der Waals surface area contributed by atoms with Gasteiger partial charge >= 0.3 is 0 Å². The van der Waals surface area contributed by atoms with E-state index in [1.54, 1.807) is 37.3 Å². The number of methoxy groups -OCH3 is 2. The normalized spacial score (nSPS) is 20.8. The molecule has 3 rings (SSSR count). The molecule has 1 aliphatic heterocycles. The molecule has 2 amide bonds. The number of carbonyl (C=O) groups excluding carboxylic acids is 2. The van der Waals surface area contributed by atoms with E-state index < -0.39 is 0 Å². The van der Waals surface area contributed by atoms with E-state index in [-0.39, 0.29) is 17.7 Å². The zero-order valence-electron chi connectivity index (χ0n) is 16.3. The molecule has 2 fully saturated rings. The van der Waals surface area contributed by atoms with Crippen LogP contribution in [0.2, 0.25) is 0 Å². The van der Waals surface area contributed by atoms with Crippen LogP contribution in [0.3, 0.4) is 0 Å². The van der Waals surface area contributed by atoms with Crippen LogP contribution in [0.1, 0.15) is 55.3 Å². The van der Waals surface area contributed by atoms with Gasteiger partial charge in [0, 0.05) is 24.7 Å². The molecular formula is C21H30N2O4. The average Bonchev–Trinajstić information content (AvgIpc) is 2.73. The molecule has 2 aliphatic rings. The van der Waals surface area contributed by atoms with E-state index in [9.17, 15) is 9.59 Å². The lowest BCUT2D eigenvalue weighted by Crippen LogP contribution is -2.47. The van der Waals surface area contributed by atoms with Gasteiger partial charge in [-0.1, -0.05) is 19.3 Å². The quantitative estimate of drug-likeness (QED) is 0.860. The largest absolute Gasteiger partial charge is 0.493 e. The van der Waals surface area contributed by atoms with Gasteiger partial charge in [-0.3, -0.25) is 9.59 Å². The van der Waals surface area contributed by atoms with E-state index in [0.29, 0.717) is 36.2 Å². The maximum absolute atomic E-state index is 12.9. The molecule has 0 spiro atoms. The van der Waals surface area contributed by atoms with Crippen LogP contribution in [0.5, 0.6) is 11.5 Å². The number of nitrogens with zero attached hydrogens (tertiary/aromatic N) is 1. The number of piperidine rings is 1. The molecule has 1 N–H and O–H groups in total. The van der Waals surface area contributed by atoms with Crippen LogP contribution in [-0.4, -0.2) is 50.1 Å². The van der Waals surface area contributed by atoms with Crippen LogP contribution < -0.4 is 14.8 Å². The number of nitrogens with one attached hydrogen (secondary N) is 1. The number of rotatable bonds is 5. The third-order valence-corrected chi connectivity index (χ3v) is 5.66. The number of amides is 2. The monoisotopic (exact) mass is 374 g/mol. The van der Waals surface area contributed by atoms with Crippen LogP contribution in [-0.2, 0) is 4.79 Å². The lowest BCUT2D eigenvalue weighted by molar-refractivity contribution is -0.127. The molecule has 1 unspecified atom stereocenters. The molecule has 27 heavy (non-hydrogen) atoms. The minimum absolute atomic E-state index is 0.0638. The van der Waals surface area contributed by atoms with E-state index >= 15 is 0 Å². The average molecular weight is 374 g/mol. The van der Waals surface area contributed by atoms with Crippen molar-refractivity contribution in [2.75, 3.05) is 27.3 Å². The summed E-state index contributed by atoms with van der Waals surface area (Å²) in [4.78, 5) is 27.4. The van der Waals surface area contributed by atoms with Crippen molar-refractivity contribution in [2.45, 2.75) is 51.0 Å². The Morgan fingerprint density at radius 2 is 1.74 bits per heavy atom. The topological polar surface area (TPSA) is 67.9 Å². The molecule has 6 heteroatoms. The molecule has 0 aromatic heterocycles. The highest BCUT2D eigenvalue weighted by Gasteiger charge is 2.30. The van der Waals surface area contributed by atoms with Gasteiger partial charge in [0.1, 0.15) is 0 Å². The number of hydrogen-bond acceptors (Lipinski definition) is 4. The third kappa shape index (κ3) is 4.73. The number of ether oxygens (including phenoxy) is 2. The van der Waals surface area contributed by atoms with Crippen molar-refractivity contribution in [3.05, 3.63) is 23.8 Å². The van der Waals surface area contributed by atoms with Crippen LogP contribution in [0.4, 0.5) is 0 Å². The zero-order valence-corrected chi connectivity index (χ0v) is 16.3. The molecule has 1 heterocycles. The summed E-state index contributed by atoms with van der Waals surface area (Å²) in [5.74, 6) is 1.05. The van der Waals surface area contributed by atoms with Gasteiger partial charge in [-0.05, 0) is 43.9 Å². The van der Waals surface area contributed by atoms with Crippen molar-refractivity contribution in [2.24, 2.45) is 5.92 Å². The standard InChI is InChI=1S/C21H30N2O4/c1-26-18-11-10-15(13-19(18)27-2)21(25)23-12-6-7-16(14-23)20(24)22-17-8-4-3-5-9-17/h10-11,13,16-17H,3-9,12,14H2,1-2H3,(H,22,24). The minimum atomic E-state index is -0.121. The Morgan fingerprint density at radius 3 is 2.44 bits per heavy atom. The molecule has 6 nitrogen and oxygen atoms in total. The summed E-state index contributed by atoms with van der Waals surface area (Å²) in [5.41, 5.74) is 0.556. The molecule has 0 radical (unpaired) electrons. The van der Waals surface area contributed by atoms with Crippen molar-refractivity contribution in [3.63, 3.8) is 0 Å². The fourth-order valence-electron chi connectivity index (χ4n) is 4.09. The number of benzene rings is 1. The maximum atomic E-state index is 12.9. The van der Waals surface area contributed by atoms with E-state index in [4.69, 9.17) is 9.47 Å². The fourth-order valence-corrected chi connectivity index (χ4v) is 4.09. The highest BCUT2D eigenvalue weighted by atomic mass is 16.5. The number of carbonyl (C=O) groups is 2. The molecule has 1 saturated heterocycles. The molecule has 1 saturated carbocycles. The van der Waals surface area contributed by atoms with Crippen molar-refractivity contribution < 1.29 is 19.1 Å². The second kappa shape index (κ2) is 9.11. The highest BCUT2D eigenvalue weighted by Crippen LogP contribution is 2.29. The minimum Gasteiger partial charge on any atom is -0.493 e. The Hall–Kier alpha value is -2.24. The number of likely N-dealkylation sites (tertiary alicyclic amines) is 1. The summed E-state index contributed by atoms with van der Waals surface area (Å²) in [7, 11) is 3.12. The first-order valence-corrected chi connectivity index (χ1v) is 9.94. The molecule has 1 aliphatic carbocycles. The van der Waals surface area contributed by atoms with Gasteiger partial charge in [-0.2, -0.15) is 0 Å². The lowest BCUT2D eigenvalue weighted by Gasteiger charge is -2.33. The maximum Gasteiger partial charge on any atom is 0.254 e. The predicted molar refractivity (Wildman–Crippen MR) is 103 cm³/mol. The van der Waals surface area contributed by atoms with E-state index in [2.05, 4.69) is 5.32 Å². The van der Waals surface area contributed by atoms with Gasteiger partial charge in [-0.15, -0.1) is 0 Å². The molecule has 0 bridgehead atoms. The summed E-state index contributed by atoms with van der Waals surface area (Å²) in [5, 5.41) is 3.21. The first-order chi connectivity index (χ1) is 13.1. The second-order valence-electron chi connectivity index (χ2n) is 7.50. The summed E-state index contributed by atoms with van der Waals surface area (Å²) >= 11 is 0. The summed E-state index contributed by atoms with van der Waals surface area (Å²) < 4.78 is 10.5. The van der Waals surface area contributed by atoms with Crippen LogP contribution in [0, 0.1) is 5.92 Å². The van der Waals surface area contributed by atoms with Gasteiger partial charge < -0.3 is 19.7 Å². The van der Waals surface area contributed by atoms with Crippen LogP contribution in [0.25, 0.3) is 0 Å². The summed E-state index contributed by atoms with van der Waals surface area (Å²) in [6.45, 7) is 1.16.